The molecule has 7 N–H and O–H groups in total. The van der Waals surface area contributed by atoms with E-state index < -0.39 is 5.91 Å². The highest BCUT2D eigenvalue weighted by Gasteiger charge is 2.11. The molecule has 178 valence electrons. The second kappa shape index (κ2) is 12.3. The number of carbonyl (C=O) groups excluding carboxylic acids is 2. The summed E-state index contributed by atoms with van der Waals surface area (Å²) >= 11 is 1.37. The normalized spacial score (nSPS) is 10.1. The Balaban J connectivity index is 1.69. The van der Waals surface area contributed by atoms with Crippen molar-refractivity contribution in [2.75, 3.05) is 31.3 Å². The van der Waals surface area contributed by atoms with Crippen LogP contribution >= 0.6 is 11.8 Å². The predicted molar refractivity (Wildman–Crippen MR) is 139 cm³/mol. The number of nitrogens with one attached hydrogen (secondary N) is 3. The standard InChI is InChI=1S/C26H25N5O3S/c1-34-14-13-30-26(33)31-18-6-4-5-17(15-18)9-12-22(27)20-11-10-19(16-23(20)28)35-24-8-3-2-7-21(24)25(29)32/h2-8,10-11,15-16,27H,13-14,28H2,1H3,(H2,29,32)(H2,30,31,33). The lowest BCUT2D eigenvalue weighted by molar-refractivity contribution is 0.0997. The van der Waals surface area contributed by atoms with Crippen LogP contribution in [0.4, 0.5) is 16.2 Å². The molecule has 0 bridgehead atoms. The SMILES string of the molecule is COCCNC(=O)Nc1cccc(C#CC(=N)c2ccc(Sc3ccccc3C(N)=O)cc2N)c1. The Labute approximate surface area is 207 Å². The molecular formula is C26H25N5O3S. The Morgan fingerprint density at radius 1 is 1.06 bits per heavy atom. The summed E-state index contributed by atoms with van der Waals surface area (Å²) in [7, 11) is 1.56. The molecule has 0 saturated heterocycles. The van der Waals surface area contributed by atoms with Crippen molar-refractivity contribution < 1.29 is 14.3 Å². The molecule has 9 heteroatoms. The van der Waals surface area contributed by atoms with Crippen molar-refractivity contribution in [3.8, 4) is 11.8 Å². The van der Waals surface area contributed by atoms with E-state index in [9.17, 15) is 9.59 Å². The van der Waals surface area contributed by atoms with Gasteiger partial charge >= 0.3 is 6.03 Å². The van der Waals surface area contributed by atoms with Gasteiger partial charge in [-0.3, -0.25) is 10.2 Å². The zero-order valence-corrected chi connectivity index (χ0v) is 19.9. The third-order valence-electron chi connectivity index (χ3n) is 4.72. The van der Waals surface area contributed by atoms with Crippen molar-refractivity contribution in [3.63, 3.8) is 0 Å². The van der Waals surface area contributed by atoms with Gasteiger partial charge in [-0.05, 0) is 54.5 Å². The fraction of sp³-hybridized carbons (Fsp3) is 0.115. The molecule has 0 radical (unpaired) electrons. The first kappa shape index (κ1) is 25.4. The zero-order chi connectivity index (χ0) is 25.2. The van der Waals surface area contributed by atoms with Crippen LogP contribution in [-0.2, 0) is 4.74 Å². The minimum atomic E-state index is -0.499. The first-order valence-corrected chi connectivity index (χ1v) is 11.4. The predicted octanol–water partition coefficient (Wildman–Crippen LogP) is 3.71. The Kier molecular flexibility index (Phi) is 8.89. The van der Waals surface area contributed by atoms with Gasteiger partial charge in [0.1, 0.15) is 5.71 Å². The van der Waals surface area contributed by atoms with E-state index in [2.05, 4.69) is 22.5 Å². The van der Waals surface area contributed by atoms with Gasteiger partial charge in [-0.2, -0.15) is 0 Å². The summed E-state index contributed by atoms with van der Waals surface area (Å²) in [6.07, 6.45) is 0. The van der Waals surface area contributed by atoms with Gasteiger partial charge in [-0.1, -0.05) is 35.9 Å². The molecular weight excluding hydrogens is 462 g/mol. The lowest BCUT2D eigenvalue weighted by Crippen LogP contribution is -2.31. The first-order chi connectivity index (χ1) is 16.9. The van der Waals surface area contributed by atoms with Crippen LogP contribution in [0.3, 0.4) is 0 Å². The van der Waals surface area contributed by atoms with Crippen molar-refractivity contribution >= 4 is 40.8 Å². The van der Waals surface area contributed by atoms with E-state index in [0.717, 1.165) is 9.79 Å². The molecule has 0 heterocycles. The topological polar surface area (TPSA) is 143 Å². The molecule has 0 aliphatic carbocycles. The summed E-state index contributed by atoms with van der Waals surface area (Å²) in [4.78, 5) is 25.1. The minimum absolute atomic E-state index is 0.0623. The summed E-state index contributed by atoms with van der Waals surface area (Å²) in [6, 6.07) is 19.0. The van der Waals surface area contributed by atoms with Crippen molar-refractivity contribution in [2.24, 2.45) is 5.73 Å². The van der Waals surface area contributed by atoms with Crippen LogP contribution in [0.5, 0.6) is 0 Å². The second-order valence-corrected chi connectivity index (χ2v) is 8.41. The van der Waals surface area contributed by atoms with Crippen LogP contribution < -0.4 is 22.1 Å². The van der Waals surface area contributed by atoms with Gasteiger partial charge in [0, 0.05) is 45.9 Å². The molecule has 0 aromatic heterocycles. The maximum Gasteiger partial charge on any atom is 0.319 e. The molecule has 35 heavy (non-hydrogen) atoms. The maximum atomic E-state index is 11.9. The van der Waals surface area contributed by atoms with E-state index in [1.165, 1.54) is 11.8 Å². The number of rotatable bonds is 8. The fourth-order valence-electron chi connectivity index (χ4n) is 3.04. The van der Waals surface area contributed by atoms with Gasteiger partial charge < -0.3 is 26.8 Å². The number of hydrogen-bond acceptors (Lipinski definition) is 6. The molecule has 3 rings (SSSR count). The van der Waals surface area contributed by atoms with Gasteiger partial charge in [0.2, 0.25) is 5.91 Å². The molecule has 3 amide bonds. The number of carbonyl (C=O) groups is 2. The number of nitrogen functional groups attached to an aromatic ring is 1. The van der Waals surface area contributed by atoms with Gasteiger partial charge in [0.05, 0.1) is 12.2 Å². The number of ether oxygens (including phenoxy) is 1. The molecule has 3 aromatic rings. The smallest absolute Gasteiger partial charge is 0.319 e. The lowest BCUT2D eigenvalue weighted by atomic mass is 10.1. The third-order valence-corrected chi connectivity index (χ3v) is 5.78. The lowest BCUT2D eigenvalue weighted by Gasteiger charge is -2.09. The van der Waals surface area contributed by atoms with Gasteiger partial charge in [-0.15, -0.1) is 0 Å². The molecule has 8 nitrogen and oxygen atoms in total. The number of benzene rings is 3. The summed E-state index contributed by atoms with van der Waals surface area (Å²) in [5.41, 5.74) is 14.3. The summed E-state index contributed by atoms with van der Waals surface area (Å²) in [5.74, 6) is 5.24. The second-order valence-electron chi connectivity index (χ2n) is 7.29. The van der Waals surface area contributed by atoms with E-state index in [4.69, 9.17) is 21.6 Å². The Morgan fingerprint density at radius 3 is 2.60 bits per heavy atom. The highest BCUT2D eigenvalue weighted by Crippen LogP contribution is 2.32. The molecule has 0 aliphatic rings. The van der Waals surface area contributed by atoms with Crippen molar-refractivity contribution in [1.29, 1.82) is 5.41 Å². The molecule has 0 atom stereocenters. The number of nitrogens with two attached hydrogens (primary N) is 2. The van der Waals surface area contributed by atoms with Crippen molar-refractivity contribution in [1.82, 2.24) is 5.32 Å². The number of hydrogen-bond donors (Lipinski definition) is 5. The molecule has 0 fully saturated rings. The van der Waals surface area contributed by atoms with E-state index >= 15 is 0 Å². The zero-order valence-electron chi connectivity index (χ0n) is 19.1. The maximum absolute atomic E-state index is 11.9. The number of primary amides is 1. The minimum Gasteiger partial charge on any atom is -0.398 e. The molecule has 0 saturated carbocycles. The van der Waals surface area contributed by atoms with Gasteiger partial charge in [0.15, 0.2) is 0 Å². The monoisotopic (exact) mass is 487 g/mol. The van der Waals surface area contributed by atoms with E-state index in [1.807, 2.05) is 18.2 Å². The van der Waals surface area contributed by atoms with E-state index in [1.54, 1.807) is 55.6 Å². The van der Waals surface area contributed by atoms with Crippen LogP contribution in [0, 0.1) is 17.3 Å². The summed E-state index contributed by atoms with van der Waals surface area (Å²) in [6.45, 7) is 0.819. The highest BCUT2D eigenvalue weighted by molar-refractivity contribution is 7.99. The number of methoxy groups -OCH3 is 1. The van der Waals surface area contributed by atoms with Gasteiger partial charge in [-0.25, -0.2) is 4.79 Å². The Bertz CT molecular complexity index is 1310. The number of urea groups is 1. The van der Waals surface area contributed by atoms with Crippen LogP contribution in [0.1, 0.15) is 21.5 Å². The molecule has 0 aliphatic heterocycles. The molecule has 0 unspecified atom stereocenters. The van der Waals surface area contributed by atoms with Crippen LogP contribution in [0.15, 0.2) is 76.5 Å². The number of anilines is 2. The Morgan fingerprint density at radius 2 is 1.86 bits per heavy atom. The quantitative estimate of drug-likeness (QED) is 0.142. The summed E-state index contributed by atoms with van der Waals surface area (Å²) < 4.78 is 4.90. The average Bonchev–Trinajstić information content (AvgIpc) is 2.83. The van der Waals surface area contributed by atoms with Crippen LogP contribution in [0.2, 0.25) is 0 Å². The van der Waals surface area contributed by atoms with Crippen molar-refractivity contribution in [3.05, 3.63) is 83.4 Å². The van der Waals surface area contributed by atoms with Gasteiger partial charge in [0.25, 0.3) is 0 Å². The molecule has 0 spiro atoms. The third kappa shape index (κ3) is 7.37. The Hall–Kier alpha value is -4.26. The largest absolute Gasteiger partial charge is 0.398 e. The van der Waals surface area contributed by atoms with E-state index in [-0.39, 0.29) is 11.7 Å². The fourth-order valence-corrected chi connectivity index (χ4v) is 4.04. The molecule has 3 aromatic carbocycles. The van der Waals surface area contributed by atoms with Crippen LogP contribution in [0.25, 0.3) is 0 Å². The first-order valence-electron chi connectivity index (χ1n) is 10.6. The van der Waals surface area contributed by atoms with Crippen molar-refractivity contribution in [2.45, 2.75) is 9.79 Å². The van der Waals surface area contributed by atoms with E-state index in [0.29, 0.717) is 41.2 Å². The average molecular weight is 488 g/mol. The number of amides is 3. The van der Waals surface area contributed by atoms with Crippen LogP contribution in [-0.4, -0.2) is 37.9 Å². The summed E-state index contributed by atoms with van der Waals surface area (Å²) in [5, 5.41) is 13.8. The highest BCUT2D eigenvalue weighted by atomic mass is 32.2.